The molecule has 0 amide bonds. The lowest BCUT2D eigenvalue weighted by molar-refractivity contribution is 0.442. The number of nitrogens with one attached hydrogen (secondary N) is 1. The number of pyridine rings is 1. The van der Waals surface area contributed by atoms with Gasteiger partial charge in [-0.15, -0.1) is 0 Å². The summed E-state index contributed by atoms with van der Waals surface area (Å²) in [5.41, 5.74) is 2.16. The molecular formula is C14H22N4. The molecule has 0 aromatic carbocycles. The molecule has 0 aliphatic carbocycles. The van der Waals surface area contributed by atoms with E-state index in [1.807, 2.05) is 16.8 Å². The first-order chi connectivity index (χ1) is 8.83. The lowest BCUT2D eigenvalue weighted by Crippen LogP contribution is -2.28. The van der Waals surface area contributed by atoms with Crippen molar-refractivity contribution < 1.29 is 0 Å². The van der Waals surface area contributed by atoms with Crippen molar-refractivity contribution in [1.82, 2.24) is 19.9 Å². The van der Waals surface area contributed by atoms with Gasteiger partial charge in [-0.1, -0.05) is 32.8 Å². The zero-order valence-corrected chi connectivity index (χ0v) is 11.3. The Morgan fingerprint density at radius 1 is 1.22 bits per heavy atom. The zero-order valence-electron chi connectivity index (χ0n) is 11.3. The number of nitrogens with zero attached hydrogens (tertiary/aromatic N) is 3. The Labute approximate surface area is 108 Å². The van der Waals surface area contributed by atoms with E-state index in [0.717, 1.165) is 12.2 Å². The molecule has 0 aliphatic rings. The van der Waals surface area contributed by atoms with Gasteiger partial charge in [0.05, 0.1) is 0 Å². The molecule has 2 rings (SSSR count). The molecule has 0 radical (unpaired) electrons. The maximum Gasteiger partial charge on any atom is 0.155 e. The minimum Gasteiger partial charge on any atom is -0.310 e. The Morgan fingerprint density at radius 2 is 2.00 bits per heavy atom. The Hall–Kier alpha value is -1.42. The van der Waals surface area contributed by atoms with Gasteiger partial charge >= 0.3 is 0 Å². The van der Waals surface area contributed by atoms with E-state index in [0.29, 0.717) is 6.04 Å². The van der Waals surface area contributed by atoms with Crippen molar-refractivity contribution in [2.45, 2.75) is 52.1 Å². The van der Waals surface area contributed by atoms with Crippen molar-refractivity contribution in [2.24, 2.45) is 0 Å². The highest BCUT2D eigenvalue weighted by Crippen LogP contribution is 2.07. The van der Waals surface area contributed by atoms with Crippen LogP contribution in [-0.2, 0) is 6.54 Å². The minimum absolute atomic E-state index is 0.631. The smallest absolute Gasteiger partial charge is 0.155 e. The highest BCUT2D eigenvalue weighted by atomic mass is 15.3. The number of hydrogen-bond acceptors (Lipinski definition) is 3. The van der Waals surface area contributed by atoms with Crippen LogP contribution in [0.2, 0.25) is 0 Å². The van der Waals surface area contributed by atoms with Crippen molar-refractivity contribution in [1.29, 1.82) is 0 Å². The third-order valence-electron chi connectivity index (χ3n) is 3.20. The predicted octanol–water partition coefficient (Wildman–Crippen LogP) is 2.79. The molecule has 2 aromatic heterocycles. The summed E-state index contributed by atoms with van der Waals surface area (Å²) in [6.45, 7) is 5.39. The highest BCUT2D eigenvalue weighted by molar-refractivity contribution is 5.37. The van der Waals surface area contributed by atoms with E-state index in [9.17, 15) is 0 Å². The van der Waals surface area contributed by atoms with Gasteiger partial charge in [-0.25, -0.2) is 9.50 Å². The Balaban J connectivity index is 1.95. The number of fused-ring (bicyclic) bond motifs is 1. The van der Waals surface area contributed by atoms with Gasteiger partial charge in [0.2, 0.25) is 0 Å². The van der Waals surface area contributed by atoms with E-state index in [4.69, 9.17) is 0 Å². The molecule has 0 bridgehead atoms. The summed E-state index contributed by atoms with van der Waals surface area (Å²) in [6, 6.07) is 4.76. The second-order valence-electron chi connectivity index (χ2n) is 4.76. The van der Waals surface area contributed by atoms with Crippen LogP contribution in [0, 0.1) is 0 Å². The van der Waals surface area contributed by atoms with Gasteiger partial charge in [0, 0.05) is 18.8 Å². The van der Waals surface area contributed by atoms with Crippen LogP contribution in [0.1, 0.15) is 45.1 Å². The third-order valence-corrected chi connectivity index (χ3v) is 3.20. The Morgan fingerprint density at radius 3 is 2.72 bits per heavy atom. The SMILES string of the molecule is CCCC(CCC)NCc1ccc2ncnn2c1. The number of rotatable bonds is 7. The van der Waals surface area contributed by atoms with E-state index in [2.05, 4.69) is 35.3 Å². The molecule has 4 nitrogen and oxygen atoms in total. The van der Waals surface area contributed by atoms with E-state index in [-0.39, 0.29) is 0 Å². The molecule has 98 valence electrons. The monoisotopic (exact) mass is 246 g/mol. The number of hydrogen-bond donors (Lipinski definition) is 1. The van der Waals surface area contributed by atoms with E-state index >= 15 is 0 Å². The quantitative estimate of drug-likeness (QED) is 0.817. The van der Waals surface area contributed by atoms with Crippen LogP contribution in [0.3, 0.4) is 0 Å². The fraction of sp³-hybridized carbons (Fsp3) is 0.571. The molecule has 0 unspecified atom stereocenters. The third kappa shape index (κ3) is 3.29. The van der Waals surface area contributed by atoms with Crippen molar-refractivity contribution in [3.63, 3.8) is 0 Å². The summed E-state index contributed by atoms with van der Waals surface area (Å²) in [4.78, 5) is 4.15. The van der Waals surface area contributed by atoms with Crippen molar-refractivity contribution >= 4 is 5.65 Å². The van der Waals surface area contributed by atoms with E-state index in [1.165, 1.54) is 31.2 Å². The summed E-state index contributed by atoms with van der Waals surface area (Å²) in [7, 11) is 0. The average Bonchev–Trinajstić information content (AvgIpc) is 2.84. The van der Waals surface area contributed by atoms with Gasteiger partial charge in [0.1, 0.15) is 6.33 Å². The summed E-state index contributed by atoms with van der Waals surface area (Å²) in [5, 5.41) is 7.79. The van der Waals surface area contributed by atoms with Crippen LogP contribution in [0.4, 0.5) is 0 Å². The standard InChI is InChI=1S/C14H22N4/c1-3-5-13(6-4-2)15-9-12-7-8-14-16-11-17-18(14)10-12/h7-8,10-11,13,15H,3-6,9H2,1-2H3. The number of aromatic nitrogens is 3. The first-order valence-electron chi connectivity index (χ1n) is 6.85. The van der Waals surface area contributed by atoms with Crippen LogP contribution in [0.5, 0.6) is 0 Å². The lowest BCUT2D eigenvalue weighted by Gasteiger charge is -2.17. The van der Waals surface area contributed by atoms with Crippen LogP contribution >= 0.6 is 0 Å². The van der Waals surface area contributed by atoms with Crippen molar-refractivity contribution in [2.75, 3.05) is 0 Å². The predicted molar refractivity (Wildman–Crippen MR) is 73.4 cm³/mol. The molecule has 2 aromatic rings. The first-order valence-corrected chi connectivity index (χ1v) is 6.85. The lowest BCUT2D eigenvalue weighted by atomic mass is 10.1. The summed E-state index contributed by atoms with van der Waals surface area (Å²) >= 11 is 0. The van der Waals surface area contributed by atoms with Crippen molar-refractivity contribution in [3.8, 4) is 0 Å². The van der Waals surface area contributed by atoms with Crippen LogP contribution < -0.4 is 5.32 Å². The maximum atomic E-state index is 4.16. The van der Waals surface area contributed by atoms with Crippen molar-refractivity contribution in [3.05, 3.63) is 30.2 Å². The maximum absolute atomic E-state index is 4.16. The summed E-state index contributed by atoms with van der Waals surface area (Å²) < 4.78 is 1.83. The summed E-state index contributed by atoms with van der Waals surface area (Å²) in [6.07, 6.45) is 8.60. The fourth-order valence-corrected chi connectivity index (χ4v) is 2.27. The van der Waals surface area contributed by atoms with Gasteiger partial charge in [-0.3, -0.25) is 0 Å². The van der Waals surface area contributed by atoms with Crippen LogP contribution in [-0.4, -0.2) is 20.6 Å². The largest absolute Gasteiger partial charge is 0.310 e. The van der Waals surface area contributed by atoms with E-state index in [1.54, 1.807) is 6.33 Å². The normalized spacial score (nSPS) is 11.5. The van der Waals surface area contributed by atoms with Gasteiger partial charge < -0.3 is 5.32 Å². The molecular weight excluding hydrogens is 224 g/mol. The first kappa shape index (κ1) is 13.0. The highest BCUT2D eigenvalue weighted by Gasteiger charge is 2.06. The molecule has 0 saturated carbocycles. The minimum atomic E-state index is 0.631. The van der Waals surface area contributed by atoms with E-state index < -0.39 is 0 Å². The molecule has 4 heteroatoms. The van der Waals surface area contributed by atoms with Crippen LogP contribution in [0.15, 0.2) is 24.7 Å². The molecule has 2 heterocycles. The molecule has 0 atom stereocenters. The van der Waals surface area contributed by atoms with Gasteiger partial charge in [-0.05, 0) is 24.5 Å². The molecule has 0 spiro atoms. The molecule has 0 fully saturated rings. The molecule has 0 aliphatic heterocycles. The molecule has 1 N–H and O–H groups in total. The second-order valence-corrected chi connectivity index (χ2v) is 4.76. The molecule has 0 saturated heterocycles. The Kier molecular flexibility index (Phi) is 4.70. The van der Waals surface area contributed by atoms with Gasteiger partial charge in [0.25, 0.3) is 0 Å². The Bertz CT molecular complexity index is 471. The zero-order chi connectivity index (χ0) is 12.8. The average molecular weight is 246 g/mol. The van der Waals surface area contributed by atoms with Gasteiger partial charge in [0.15, 0.2) is 5.65 Å². The van der Waals surface area contributed by atoms with Crippen LogP contribution in [0.25, 0.3) is 5.65 Å². The second kappa shape index (κ2) is 6.50. The topological polar surface area (TPSA) is 42.2 Å². The fourth-order valence-electron chi connectivity index (χ4n) is 2.27. The van der Waals surface area contributed by atoms with Gasteiger partial charge in [-0.2, -0.15) is 5.10 Å². The molecule has 18 heavy (non-hydrogen) atoms. The summed E-state index contributed by atoms with van der Waals surface area (Å²) in [5.74, 6) is 0.